The van der Waals surface area contributed by atoms with Gasteiger partial charge in [-0.25, -0.2) is 14.4 Å². The molecule has 0 spiro atoms. The number of rotatable bonds is 7. The minimum Gasteiger partial charge on any atom is -0.461 e. The molecule has 0 saturated carbocycles. The molecule has 0 radical (unpaired) electrons. The van der Waals surface area contributed by atoms with Gasteiger partial charge in [-0.15, -0.1) is 13.2 Å². The number of fused-ring (bicyclic) bond motifs is 2. The number of nitrogens with one attached hydrogen (secondary N) is 2. The fourth-order valence-electron chi connectivity index (χ4n) is 4.88. The molecule has 1 aliphatic heterocycles. The first-order chi connectivity index (χ1) is 19.0. The lowest BCUT2D eigenvalue weighted by atomic mass is 10.0. The van der Waals surface area contributed by atoms with E-state index in [1.807, 2.05) is 0 Å². The van der Waals surface area contributed by atoms with Crippen molar-refractivity contribution in [2.24, 2.45) is 0 Å². The van der Waals surface area contributed by atoms with Crippen molar-refractivity contribution in [1.82, 2.24) is 24.7 Å². The number of piperazine rings is 1. The van der Waals surface area contributed by atoms with Gasteiger partial charge in [0.25, 0.3) is 5.91 Å². The van der Waals surface area contributed by atoms with E-state index in [4.69, 9.17) is 4.74 Å². The topological polar surface area (TPSA) is 106 Å². The molecule has 2 atom stereocenters. The maximum atomic E-state index is 14.6. The molecule has 0 aliphatic carbocycles. The second kappa shape index (κ2) is 10.8. The number of pyridine rings is 1. The number of benzene rings is 1. The third-order valence-corrected chi connectivity index (χ3v) is 6.31. The highest BCUT2D eigenvalue weighted by molar-refractivity contribution is 6.13. The Morgan fingerprint density at radius 2 is 1.90 bits per heavy atom. The van der Waals surface area contributed by atoms with Gasteiger partial charge in [0.05, 0.1) is 29.1 Å². The van der Waals surface area contributed by atoms with Crippen molar-refractivity contribution in [3.8, 4) is 6.01 Å². The first kappa shape index (κ1) is 27.5. The molecule has 0 unspecified atom stereocenters. The van der Waals surface area contributed by atoms with Gasteiger partial charge >= 0.3 is 12.4 Å². The molecular weight excluding hydrogens is 534 g/mol. The summed E-state index contributed by atoms with van der Waals surface area (Å²) in [6.07, 6.45) is -0.136. The second-order valence-corrected chi connectivity index (χ2v) is 9.71. The number of carbonyl (C=O) groups is 1. The Bertz CT molecular complexity index is 1550. The summed E-state index contributed by atoms with van der Waals surface area (Å²) in [7, 11) is 0. The van der Waals surface area contributed by atoms with Gasteiger partial charge < -0.3 is 24.7 Å². The van der Waals surface area contributed by atoms with Crippen LogP contribution in [0.15, 0.2) is 36.8 Å². The molecular formula is C26H27F4N7O3. The minimum absolute atomic E-state index is 0.133. The van der Waals surface area contributed by atoms with Crippen LogP contribution in [-0.4, -0.2) is 70.0 Å². The van der Waals surface area contributed by atoms with E-state index in [0.29, 0.717) is 24.2 Å². The number of aryl methyl sites for hydroxylation is 1. The van der Waals surface area contributed by atoms with Crippen molar-refractivity contribution in [3.63, 3.8) is 0 Å². The van der Waals surface area contributed by atoms with Crippen molar-refractivity contribution in [3.05, 3.63) is 53.9 Å². The highest BCUT2D eigenvalue weighted by Crippen LogP contribution is 2.31. The van der Waals surface area contributed by atoms with Crippen molar-refractivity contribution >= 4 is 33.8 Å². The summed E-state index contributed by atoms with van der Waals surface area (Å²) in [5.74, 6) is -1.17. The third-order valence-electron chi connectivity index (χ3n) is 6.31. The summed E-state index contributed by atoms with van der Waals surface area (Å²) < 4.78 is 62.0. The van der Waals surface area contributed by atoms with E-state index in [9.17, 15) is 22.4 Å². The Morgan fingerprint density at radius 3 is 2.62 bits per heavy atom. The van der Waals surface area contributed by atoms with Gasteiger partial charge in [-0.2, -0.15) is 4.98 Å². The minimum atomic E-state index is -4.79. The Hall–Kier alpha value is -4.04. The van der Waals surface area contributed by atoms with Crippen LogP contribution in [0.4, 0.5) is 28.9 Å². The van der Waals surface area contributed by atoms with Crippen LogP contribution in [0.1, 0.15) is 29.9 Å². The number of hydrogen-bond acceptors (Lipinski definition) is 8. The van der Waals surface area contributed by atoms with E-state index in [0.717, 1.165) is 5.69 Å². The standard InChI is InChI=1S/C26H27F4N7O3/c1-14-10-36(11-15(2)32-14)21-5-4-18(22-19(21)9-31-25(35-22)39-6-7-40-26(28,29)30)24(38)34-17-8-20(27)23-33-16(3)12-37(23)13-17/h4-5,8-9,12-15,32H,6-7,10-11H2,1-3H3,(H,34,38)/t14-,15-/m0/s1. The largest absolute Gasteiger partial charge is 0.522 e. The number of carbonyl (C=O) groups excluding carboxylic acids is 1. The van der Waals surface area contributed by atoms with E-state index in [-0.39, 0.29) is 40.5 Å². The predicted octanol–water partition coefficient (Wildman–Crippen LogP) is 4.08. The fraction of sp³-hybridized carbons (Fsp3) is 0.385. The molecule has 1 amide bonds. The Labute approximate surface area is 226 Å². The van der Waals surface area contributed by atoms with Crippen LogP contribution in [0.5, 0.6) is 6.01 Å². The highest BCUT2D eigenvalue weighted by Gasteiger charge is 2.29. The molecule has 40 heavy (non-hydrogen) atoms. The quantitative estimate of drug-likeness (QED) is 0.257. The van der Waals surface area contributed by atoms with Gasteiger partial charge in [0.2, 0.25) is 0 Å². The Kier molecular flexibility index (Phi) is 7.47. The number of hydrogen-bond donors (Lipinski definition) is 2. The van der Waals surface area contributed by atoms with Crippen molar-refractivity contribution in [2.75, 3.05) is 36.5 Å². The van der Waals surface area contributed by atoms with Crippen LogP contribution in [0, 0.1) is 12.7 Å². The van der Waals surface area contributed by atoms with Gasteiger partial charge in [0.15, 0.2) is 11.5 Å². The third kappa shape index (κ3) is 6.07. The van der Waals surface area contributed by atoms with E-state index in [2.05, 4.69) is 49.1 Å². The summed E-state index contributed by atoms with van der Waals surface area (Å²) >= 11 is 0. The number of aromatic nitrogens is 4. The molecule has 5 rings (SSSR count). The van der Waals surface area contributed by atoms with E-state index in [1.165, 1.54) is 16.7 Å². The van der Waals surface area contributed by atoms with Crippen LogP contribution in [0.2, 0.25) is 0 Å². The molecule has 1 aromatic carbocycles. The normalized spacial score (nSPS) is 17.9. The molecule has 2 N–H and O–H groups in total. The van der Waals surface area contributed by atoms with Crippen molar-refractivity contribution in [1.29, 1.82) is 0 Å². The number of alkyl halides is 3. The summed E-state index contributed by atoms with van der Waals surface area (Å²) in [6, 6.07) is 4.76. The highest BCUT2D eigenvalue weighted by atomic mass is 19.4. The van der Waals surface area contributed by atoms with Crippen molar-refractivity contribution in [2.45, 2.75) is 39.2 Å². The zero-order valence-electron chi connectivity index (χ0n) is 21.9. The maximum absolute atomic E-state index is 14.6. The molecule has 10 nitrogen and oxygen atoms in total. The molecule has 1 aliphatic rings. The first-order valence-electron chi connectivity index (χ1n) is 12.6. The van der Waals surface area contributed by atoms with E-state index < -0.39 is 31.3 Å². The molecule has 212 valence electrons. The Balaban J connectivity index is 1.48. The molecule has 4 aromatic rings. The zero-order valence-corrected chi connectivity index (χ0v) is 21.9. The average molecular weight is 562 g/mol. The number of imidazole rings is 1. The number of anilines is 2. The lowest BCUT2D eigenvalue weighted by Crippen LogP contribution is -2.54. The fourth-order valence-corrected chi connectivity index (χ4v) is 4.88. The molecule has 1 saturated heterocycles. The molecule has 1 fully saturated rings. The van der Waals surface area contributed by atoms with Crippen LogP contribution in [0.25, 0.3) is 16.6 Å². The molecule has 0 bridgehead atoms. The second-order valence-electron chi connectivity index (χ2n) is 9.71. The van der Waals surface area contributed by atoms with Gasteiger partial charge in [0.1, 0.15) is 6.61 Å². The number of amides is 1. The lowest BCUT2D eigenvalue weighted by Gasteiger charge is -2.38. The summed E-state index contributed by atoms with van der Waals surface area (Å²) in [4.78, 5) is 28.2. The summed E-state index contributed by atoms with van der Waals surface area (Å²) in [6.45, 7) is 6.04. The van der Waals surface area contributed by atoms with Gasteiger partial charge in [-0.3, -0.25) is 9.53 Å². The molecule has 3 aromatic heterocycles. The number of halogens is 4. The van der Waals surface area contributed by atoms with E-state index >= 15 is 0 Å². The maximum Gasteiger partial charge on any atom is 0.522 e. The van der Waals surface area contributed by atoms with Gasteiger partial charge in [-0.05, 0) is 32.9 Å². The van der Waals surface area contributed by atoms with Crippen molar-refractivity contribution < 1.29 is 31.8 Å². The van der Waals surface area contributed by atoms with E-state index in [1.54, 1.807) is 31.5 Å². The SMILES string of the molecule is Cc1cn2cc(NC(=O)c3ccc(N4C[C@H](C)N[C@@H](C)C4)c4cnc(OCCOC(F)(F)F)nc34)cc(F)c2n1. The predicted molar refractivity (Wildman–Crippen MR) is 139 cm³/mol. The van der Waals surface area contributed by atoms with Gasteiger partial charge in [-0.1, -0.05) is 0 Å². The first-order valence-corrected chi connectivity index (χ1v) is 12.6. The van der Waals surface area contributed by atoms with Crippen LogP contribution >= 0.6 is 0 Å². The van der Waals surface area contributed by atoms with Crippen LogP contribution in [-0.2, 0) is 4.74 Å². The number of ether oxygens (including phenoxy) is 2. The Morgan fingerprint density at radius 1 is 1.15 bits per heavy atom. The number of nitrogens with zero attached hydrogens (tertiary/aromatic N) is 5. The summed E-state index contributed by atoms with van der Waals surface area (Å²) in [5.41, 5.74) is 2.12. The molecule has 4 heterocycles. The van der Waals surface area contributed by atoms with Crippen LogP contribution in [0.3, 0.4) is 0 Å². The lowest BCUT2D eigenvalue weighted by molar-refractivity contribution is -0.325. The summed E-state index contributed by atoms with van der Waals surface area (Å²) in [5, 5.41) is 6.72. The smallest absolute Gasteiger partial charge is 0.461 e. The average Bonchev–Trinajstić information content (AvgIpc) is 3.25. The zero-order chi connectivity index (χ0) is 28.6. The van der Waals surface area contributed by atoms with Crippen LogP contribution < -0.4 is 20.3 Å². The van der Waals surface area contributed by atoms with Gasteiger partial charge in [0, 0.05) is 60.9 Å². The monoisotopic (exact) mass is 561 g/mol. The molecule has 14 heteroatoms.